The van der Waals surface area contributed by atoms with Gasteiger partial charge in [0.15, 0.2) is 5.82 Å². The second kappa shape index (κ2) is 6.01. The predicted octanol–water partition coefficient (Wildman–Crippen LogP) is 0.710. The van der Waals surface area contributed by atoms with Gasteiger partial charge < -0.3 is 14.7 Å². The number of carboxylic acids is 1. The maximum Gasteiger partial charge on any atom is 0.360 e. The normalized spacial score (nSPS) is 14.7. The first-order valence-electron chi connectivity index (χ1n) is 6.84. The molecule has 0 radical (unpaired) electrons. The van der Waals surface area contributed by atoms with Crippen LogP contribution in [-0.2, 0) is 4.74 Å². The lowest BCUT2D eigenvalue weighted by molar-refractivity contribution is -0.384. The van der Waals surface area contributed by atoms with E-state index >= 15 is 0 Å². The van der Waals surface area contributed by atoms with E-state index in [2.05, 4.69) is 10.2 Å². The number of carbonyl (C=O) groups is 1. The van der Waals surface area contributed by atoms with Crippen LogP contribution in [0.4, 0.5) is 11.5 Å². The van der Waals surface area contributed by atoms with Gasteiger partial charge in [0.25, 0.3) is 5.69 Å². The minimum Gasteiger partial charge on any atom is -0.476 e. The van der Waals surface area contributed by atoms with E-state index in [1.165, 1.54) is 24.3 Å². The molecule has 0 unspecified atom stereocenters. The first kappa shape index (κ1) is 14.9. The number of aromatic nitrogens is 3. The van der Waals surface area contributed by atoms with Crippen LogP contribution in [0.1, 0.15) is 10.5 Å². The molecule has 1 fully saturated rings. The Labute approximate surface area is 130 Å². The lowest BCUT2D eigenvalue weighted by Gasteiger charge is -2.26. The standard InChI is InChI=1S/C13H13N5O5/c19-13(20)11-12(16-5-7-23-8-6-16)15-17(14-11)9-1-3-10(4-2-9)18(21)22/h1-4H,5-8H2,(H,19,20). The zero-order chi connectivity index (χ0) is 16.4. The third-order valence-corrected chi connectivity index (χ3v) is 3.40. The van der Waals surface area contributed by atoms with Crippen molar-refractivity contribution < 1.29 is 19.6 Å². The summed E-state index contributed by atoms with van der Waals surface area (Å²) in [7, 11) is 0. The molecule has 2 aromatic rings. The maximum atomic E-state index is 11.4. The van der Waals surface area contributed by atoms with Crippen molar-refractivity contribution in [1.82, 2.24) is 15.0 Å². The van der Waals surface area contributed by atoms with Crippen LogP contribution in [0.2, 0.25) is 0 Å². The largest absolute Gasteiger partial charge is 0.476 e. The Kier molecular flexibility index (Phi) is 3.89. The second-order valence-corrected chi connectivity index (χ2v) is 4.84. The van der Waals surface area contributed by atoms with Gasteiger partial charge in [-0.1, -0.05) is 0 Å². The van der Waals surface area contributed by atoms with E-state index in [4.69, 9.17) is 4.74 Å². The Hall–Kier alpha value is -3.01. The molecule has 1 saturated heterocycles. The Bertz CT molecular complexity index is 736. The Morgan fingerprint density at radius 3 is 2.43 bits per heavy atom. The first-order chi connectivity index (χ1) is 11.1. The molecule has 10 heteroatoms. The van der Waals surface area contributed by atoms with E-state index in [-0.39, 0.29) is 17.2 Å². The van der Waals surface area contributed by atoms with E-state index in [1.807, 2.05) is 0 Å². The van der Waals surface area contributed by atoms with Crippen molar-refractivity contribution in [3.63, 3.8) is 0 Å². The summed E-state index contributed by atoms with van der Waals surface area (Å²) in [4.78, 5) is 24.5. The van der Waals surface area contributed by atoms with Gasteiger partial charge in [0.2, 0.25) is 5.69 Å². The number of morpholine rings is 1. The van der Waals surface area contributed by atoms with Crippen molar-refractivity contribution in [2.24, 2.45) is 0 Å². The SMILES string of the molecule is O=C(O)c1nn(-c2ccc([N+](=O)[O-])cc2)nc1N1CCOCC1. The van der Waals surface area contributed by atoms with Crippen molar-refractivity contribution in [3.05, 3.63) is 40.1 Å². The fourth-order valence-corrected chi connectivity index (χ4v) is 2.25. The van der Waals surface area contributed by atoms with Crippen LogP contribution < -0.4 is 4.90 Å². The minimum atomic E-state index is -1.18. The molecule has 120 valence electrons. The molecule has 10 nitrogen and oxygen atoms in total. The third-order valence-electron chi connectivity index (χ3n) is 3.40. The lowest BCUT2D eigenvalue weighted by atomic mass is 10.3. The fraction of sp³-hybridized carbons (Fsp3) is 0.308. The highest BCUT2D eigenvalue weighted by Crippen LogP contribution is 2.20. The summed E-state index contributed by atoms with van der Waals surface area (Å²) in [5, 5.41) is 28.2. The molecule has 2 heterocycles. The van der Waals surface area contributed by atoms with Crippen LogP contribution in [0.15, 0.2) is 24.3 Å². The van der Waals surface area contributed by atoms with Crippen LogP contribution in [0.3, 0.4) is 0 Å². The van der Waals surface area contributed by atoms with Gasteiger partial charge in [-0.15, -0.1) is 15.0 Å². The summed E-state index contributed by atoms with van der Waals surface area (Å²) in [6, 6.07) is 5.56. The molecule has 1 N–H and O–H groups in total. The zero-order valence-corrected chi connectivity index (χ0v) is 12.0. The Morgan fingerprint density at radius 2 is 1.87 bits per heavy atom. The van der Waals surface area contributed by atoms with Crippen LogP contribution in [0, 0.1) is 10.1 Å². The molecular weight excluding hydrogens is 306 g/mol. The minimum absolute atomic E-state index is 0.0623. The van der Waals surface area contributed by atoms with Crippen LogP contribution in [-0.4, -0.2) is 57.3 Å². The highest BCUT2D eigenvalue weighted by molar-refractivity contribution is 5.91. The lowest BCUT2D eigenvalue weighted by Crippen LogP contribution is -2.37. The fourth-order valence-electron chi connectivity index (χ4n) is 2.25. The number of hydrogen-bond donors (Lipinski definition) is 1. The highest BCUT2D eigenvalue weighted by atomic mass is 16.6. The van der Waals surface area contributed by atoms with Crippen molar-refractivity contribution in [1.29, 1.82) is 0 Å². The molecule has 1 aliphatic heterocycles. The first-order valence-corrected chi connectivity index (χ1v) is 6.84. The molecule has 1 aromatic heterocycles. The summed E-state index contributed by atoms with van der Waals surface area (Å²) in [6.45, 7) is 2.03. The molecule has 0 amide bonds. The number of carboxylic acid groups (broad SMARTS) is 1. The van der Waals surface area contributed by atoms with Crippen LogP contribution in [0.5, 0.6) is 0 Å². The van der Waals surface area contributed by atoms with Gasteiger partial charge in [0, 0.05) is 25.2 Å². The van der Waals surface area contributed by atoms with E-state index in [0.717, 1.165) is 4.80 Å². The number of anilines is 1. The van der Waals surface area contributed by atoms with Gasteiger partial charge in [-0.2, -0.15) is 0 Å². The smallest absolute Gasteiger partial charge is 0.360 e. The highest BCUT2D eigenvalue weighted by Gasteiger charge is 2.25. The molecular formula is C13H13N5O5. The molecule has 1 aromatic carbocycles. The van der Waals surface area contributed by atoms with Crippen molar-refractivity contribution in [3.8, 4) is 5.69 Å². The molecule has 1 aliphatic rings. The van der Waals surface area contributed by atoms with Gasteiger partial charge in [-0.25, -0.2) is 4.79 Å². The van der Waals surface area contributed by atoms with Gasteiger partial charge in [-0.05, 0) is 12.1 Å². The molecule has 0 bridgehead atoms. The summed E-state index contributed by atoms with van der Waals surface area (Å²) in [5.74, 6) is -0.918. The number of nitro groups is 1. The number of ether oxygens (including phenoxy) is 1. The Balaban J connectivity index is 1.96. The van der Waals surface area contributed by atoms with Crippen LogP contribution >= 0.6 is 0 Å². The number of nitrogens with zero attached hydrogens (tertiary/aromatic N) is 5. The number of hydrogen-bond acceptors (Lipinski definition) is 7. The van der Waals surface area contributed by atoms with Crippen LogP contribution in [0.25, 0.3) is 5.69 Å². The molecule has 0 atom stereocenters. The van der Waals surface area contributed by atoms with Gasteiger partial charge in [0.1, 0.15) is 0 Å². The molecule has 0 spiro atoms. The maximum absolute atomic E-state index is 11.4. The molecule has 0 saturated carbocycles. The monoisotopic (exact) mass is 319 g/mol. The quantitative estimate of drug-likeness (QED) is 0.645. The molecule has 23 heavy (non-hydrogen) atoms. The number of non-ortho nitro benzene ring substituents is 1. The van der Waals surface area contributed by atoms with E-state index in [0.29, 0.717) is 32.0 Å². The van der Waals surface area contributed by atoms with E-state index in [1.54, 1.807) is 4.90 Å². The topological polar surface area (TPSA) is 124 Å². The van der Waals surface area contributed by atoms with E-state index < -0.39 is 10.9 Å². The average Bonchev–Trinajstić information content (AvgIpc) is 3.01. The second-order valence-electron chi connectivity index (χ2n) is 4.84. The van der Waals surface area contributed by atoms with Gasteiger partial charge >= 0.3 is 5.97 Å². The summed E-state index contributed by atoms with van der Waals surface area (Å²) in [6.07, 6.45) is 0. The van der Waals surface area contributed by atoms with Gasteiger partial charge in [-0.3, -0.25) is 10.1 Å². The number of aromatic carboxylic acids is 1. The molecule has 0 aliphatic carbocycles. The third kappa shape index (κ3) is 2.97. The summed E-state index contributed by atoms with van der Waals surface area (Å²) in [5.41, 5.74) is 0.218. The predicted molar refractivity (Wildman–Crippen MR) is 78.0 cm³/mol. The van der Waals surface area contributed by atoms with Crippen molar-refractivity contribution in [2.45, 2.75) is 0 Å². The number of benzene rings is 1. The van der Waals surface area contributed by atoms with E-state index in [9.17, 15) is 20.0 Å². The molecule has 3 rings (SSSR count). The summed E-state index contributed by atoms with van der Waals surface area (Å²) >= 11 is 0. The van der Waals surface area contributed by atoms with Crippen molar-refractivity contribution >= 4 is 17.5 Å². The van der Waals surface area contributed by atoms with Crippen molar-refractivity contribution in [2.75, 3.05) is 31.2 Å². The average molecular weight is 319 g/mol. The zero-order valence-electron chi connectivity index (χ0n) is 12.0. The summed E-state index contributed by atoms with van der Waals surface area (Å²) < 4.78 is 5.24. The number of rotatable bonds is 4. The Morgan fingerprint density at radius 1 is 1.22 bits per heavy atom. The number of nitro benzene ring substituents is 1. The van der Waals surface area contributed by atoms with Gasteiger partial charge in [0.05, 0.1) is 23.8 Å².